The highest BCUT2D eigenvalue weighted by Crippen LogP contribution is 2.41. The summed E-state index contributed by atoms with van der Waals surface area (Å²) in [5, 5.41) is 0. The van der Waals surface area contributed by atoms with Crippen LogP contribution in [0.3, 0.4) is 0 Å². The van der Waals surface area contributed by atoms with Crippen molar-refractivity contribution in [3.05, 3.63) is 23.8 Å². The van der Waals surface area contributed by atoms with Crippen molar-refractivity contribution in [2.24, 2.45) is 11.8 Å². The summed E-state index contributed by atoms with van der Waals surface area (Å²) in [6.45, 7) is 1.49. The molecule has 0 aliphatic heterocycles. The van der Waals surface area contributed by atoms with Crippen molar-refractivity contribution in [3.8, 4) is 0 Å². The maximum Gasteiger partial charge on any atom is 0.147 e. The summed E-state index contributed by atoms with van der Waals surface area (Å²) in [5.74, 6) is 0.696. The van der Waals surface area contributed by atoms with E-state index in [2.05, 4.69) is 12.2 Å². The van der Waals surface area contributed by atoms with Crippen LogP contribution in [-0.4, -0.2) is 11.6 Å². The molecule has 2 unspecified atom stereocenters. The van der Waals surface area contributed by atoms with Crippen LogP contribution < -0.4 is 0 Å². The van der Waals surface area contributed by atoms with E-state index in [0.717, 1.165) is 19.3 Å². The Bertz CT molecular complexity index is 350. The first-order valence-electron chi connectivity index (χ1n) is 5.57. The van der Waals surface area contributed by atoms with E-state index >= 15 is 0 Å². The van der Waals surface area contributed by atoms with Gasteiger partial charge in [-0.3, -0.25) is 9.59 Å². The highest BCUT2D eigenvalue weighted by Gasteiger charge is 2.34. The number of Topliss-reactive ketones (excluding diaryl/α,β-unsaturated/α-hetero) is 2. The number of fused-ring (bicyclic) bond motifs is 1. The van der Waals surface area contributed by atoms with Crippen molar-refractivity contribution >= 4 is 11.6 Å². The van der Waals surface area contributed by atoms with Gasteiger partial charge in [0.05, 0.1) is 6.42 Å². The molecule has 0 spiro atoms. The monoisotopic (exact) mass is 204 g/mol. The van der Waals surface area contributed by atoms with Crippen molar-refractivity contribution in [2.75, 3.05) is 0 Å². The van der Waals surface area contributed by atoms with Gasteiger partial charge in [-0.1, -0.05) is 23.8 Å². The largest absolute Gasteiger partial charge is 0.300 e. The molecule has 0 aromatic carbocycles. The molecule has 80 valence electrons. The van der Waals surface area contributed by atoms with Gasteiger partial charge in [0.15, 0.2) is 0 Å². The fraction of sp³-hybridized carbons (Fsp3) is 0.538. The molecule has 1 fully saturated rings. The molecule has 0 bridgehead atoms. The van der Waals surface area contributed by atoms with Crippen molar-refractivity contribution in [1.82, 2.24) is 0 Å². The lowest BCUT2D eigenvalue weighted by Crippen LogP contribution is -2.17. The average molecular weight is 204 g/mol. The first-order valence-corrected chi connectivity index (χ1v) is 5.57. The summed E-state index contributed by atoms with van der Waals surface area (Å²) >= 11 is 0. The van der Waals surface area contributed by atoms with Crippen LogP contribution in [0.25, 0.3) is 0 Å². The van der Waals surface area contributed by atoms with Crippen LogP contribution in [0.1, 0.15) is 32.6 Å². The molecule has 0 N–H and O–H groups in total. The minimum absolute atomic E-state index is 0.0181. The van der Waals surface area contributed by atoms with Crippen LogP contribution in [0.2, 0.25) is 0 Å². The average Bonchev–Trinajstić information content (AvgIpc) is 2.59. The summed E-state index contributed by atoms with van der Waals surface area (Å²) in [6.07, 6.45) is 9.48. The fourth-order valence-electron chi connectivity index (χ4n) is 2.63. The van der Waals surface area contributed by atoms with Crippen LogP contribution >= 0.6 is 0 Å². The van der Waals surface area contributed by atoms with Gasteiger partial charge < -0.3 is 0 Å². The maximum absolute atomic E-state index is 11.8. The van der Waals surface area contributed by atoms with E-state index in [1.165, 1.54) is 12.5 Å². The topological polar surface area (TPSA) is 34.1 Å². The fourth-order valence-corrected chi connectivity index (χ4v) is 2.63. The number of hydrogen-bond acceptors (Lipinski definition) is 2. The number of allylic oxidation sites excluding steroid dienone is 4. The van der Waals surface area contributed by atoms with E-state index in [0.29, 0.717) is 5.92 Å². The second kappa shape index (κ2) is 4.13. The third-order valence-electron chi connectivity index (χ3n) is 3.33. The lowest BCUT2D eigenvalue weighted by molar-refractivity contribution is -0.127. The van der Waals surface area contributed by atoms with Gasteiger partial charge in [-0.15, -0.1) is 0 Å². The summed E-state index contributed by atoms with van der Waals surface area (Å²) < 4.78 is 0. The predicted octanol–water partition coefficient (Wildman–Crippen LogP) is 2.45. The number of ketones is 2. The lowest BCUT2D eigenvalue weighted by atomic mass is 9.87. The SMILES string of the molecule is CC(=O)CC(=O)C1CCC2CC=CC=C21. The summed E-state index contributed by atoms with van der Waals surface area (Å²) in [6, 6.07) is 0. The molecule has 15 heavy (non-hydrogen) atoms. The molecule has 0 amide bonds. The van der Waals surface area contributed by atoms with E-state index in [1.807, 2.05) is 6.08 Å². The Labute approximate surface area is 90.1 Å². The second-order valence-corrected chi connectivity index (χ2v) is 4.50. The number of rotatable bonds is 3. The van der Waals surface area contributed by atoms with Crippen LogP contribution in [0.15, 0.2) is 23.8 Å². The van der Waals surface area contributed by atoms with E-state index < -0.39 is 0 Å². The quantitative estimate of drug-likeness (QED) is 0.662. The van der Waals surface area contributed by atoms with E-state index in [4.69, 9.17) is 0 Å². The molecule has 2 rings (SSSR count). The number of carbonyl (C=O) groups excluding carboxylic acids is 2. The normalized spacial score (nSPS) is 28.5. The molecule has 0 saturated heterocycles. The number of hydrogen-bond donors (Lipinski definition) is 0. The van der Waals surface area contributed by atoms with Gasteiger partial charge in [0, 0.05) is 5.92 Å². The van der Waals surface area contributed by atoms with Gasteiger partial charge in [0.2, 0.25) is 0 Å². The minimum Gasteiger partial charge on any atom is -0.300 e. The molecule has 0 aromatic heterocycles. The Kier molecular flexibility index (Phi) is 2.85. The molecule has 2 aliphatic carbocycles. The number of carbonyl (C=O) groups is 2. The third-order valence-corrected chi connectivity index (χ3v) is 3.33. The Morgan fingerprint density at radius 1 is 1.40 bits per heavy atom. The zero-order valence-corrected chi connectivity index (χ0v) is 9.03. The Hall–Kier alpha value is -1.18. The van der Waals surface area contributed by atoms with Crippen molar-refractivity contribution in [2.45, 2.75) is 32.6 Å². The molecule has 0 heterocycles. The molecular weight excluding hydrogens is 188 g/mol. The first kappa shape index (κ1) is 10.3. The van der Waals surface area contributed by atoms with Crippen molar-refractivity contribution < 1.29 is 9.59 Å². The van der Waals surface area contributed by atoms with Gasteiger partial charge in [-0.05, 0) is 32.1 Å². The van der Waals surface area contributed by atoms with Gasteiger partial charge in [0.1, 0.15) is 11.6 Å². The lowest BCUT2D eigenvalue weighted by Gasteiger charge is -2.16. The van der Waals surface area contributed by atoms with E-state index in [-0.39, 0.29) is 23.9 Å². The zero-order chi connectivity index (χ0) is 10.8. The van der Waals surface area contributed by atoms with Crippen LogP contribution in [0, 0.1) is 11.8 Å². The maximum atomic E-state index is 11.8. The van der Waals surface area contributed by atoms with Crippen molar-refractivity contribution in [1.29, 1.82) is 0 Å². The zero-order valence-electron chi connectivity index (χ0n) is 9.03. The third kappa shape index (κ3) is 2.09. The van der Waals surface area contributed by atoms with Crippen LogP contribution in [-0.2, 0) is 9.59 Å². The highest BCUT2D eigenvalue weighted by atomic mass is 16.1. The Morgan fingerprint density at radius 2 is 2.20 bits per heavy atom. The smallest absolute Gasteiger partial charge is 0.147 e. The van der Waals surface area contributed by atoms with Gasteiger partial charge in [0.25, 0.3) is 0 Å². The summed E-state index contributed by atoms with van der Waals surface area (Å²) in [7, 11) is 0. The molecule has 0 aromatic rings. The molecule has 0 radical (unpaired) electrons. The van der Waals surface area contributed by atoms with Gasteiger partial charge in [-0.2, -0.15) is 0 Å². The molecule has 2 nitrogen and oxygen atoms in total. The standard InChI is InChI=1S/C13H16O2/c1-9(14)8-13(15)12-7-6-10-4-2-3-5-11(10)12/h2-3,5,10,12H,4,6-8H2,1H3. The summed E-state index contributed by atoms with van der Waals surface area (Å²) in [4.78, 5) is 22.7. The minimum atomic E-state index is -0.0181. The first-order chi connectivity index (χ1) is 7.18. The second-order valence-electron chi connectivity index (χ2n) is 4.50. The van der Waals surface area contributed by atoms with Crippen LogP contribution in [0.4, 0.5) is 0 Å². The molecule has 1 saturated carbocycles. The van der Waals surface area contributed by atoms with Gasteiger partial charge >= 0.3 is 0 Å². The van der Waals surface area contributed by atoms with Crippen molar-refractivity contribution in [3.63, 3.8) is 0 Å². The molecule has 2 atom stereocenters. The highest BCUT2D eigenvalue weighted by molar-refractivity contribution is 6.00. The van der Waals surface area contributed by atoms with Gasteiger partial charge in [-0.25, -0.2) is 0 Å². The Morgan fingerprint density at radius 3 is 2.93 bits per heavy atom. The van der Waals surface area contributed by atoms with E-state index in [9.17, 15) is 9.59 Å². The van der Waals surface area contributed by atoms with Crippen LogP contribution in [0.5, 0.6) is 0 Å². The van der Waals surface area contributed by atoms with E-state index in [1.54, 1.807) is 0 Å². The summed E-state index contributed by atoms with van der Waals surface area (Å²) in [5.41, 5.74) is 1.27. The Balaban J connectivity index is 2.10. The molecule has 2 aliphatic rings. The molecular formula is C13H16O2. The predicted molar refractivity (Wildman–Crippen MR) is 58.4 cm³/mol. The molecule has 2 heteroatoms.